The highest BCUT2D eigenvalue weighted by Crippen LogP contribution is 2.29. The zero-order valence-electron chi connectivity index (χ0n) is 23.8. The first-order valence-electron chi connectivity index (χ1n) is 14.3. The van der Waals surface area contributed by atoms with Crippen LogP contribution in [0.4, 0.5) is 14.5 Å². The Balaban J connectivity index is 1.11. The summed E-state index contributed by atoms with van der Waals surface area (Å²) in [5.74, 6) is -0.434. The minimum atomic E-state index is -2.75. The lowest BCUT2D eigenvalue weighted by atomic mass is 9.91. The number of amides is 1. The van der Waals surface area contributed by atoms with Crippen molar-refractivity contribution in [2.75, 3.05) is 31.1 Å². The van der Waals surface area contributed by atoms with Gasteiger partial charge in [-0.05, 0) is 56.5 Å². The smallest absolute Gasteiger partial charge is 0.264 e. The van der Waals surface area contributed by atoms with Gasteiger partial charge in [0, 0.05) is 44.3 Å². The van der Waals surface area contributed by atoms with Crippen molar-refractivity contribution in [2.24, 2.45) is 0 Å². The van der Waals surface area contributed by atoms with Gasteiger partial charge in [-0.3, -0.25) is 18.8 Å². The Hall–Kier alpha value is -4.17. The average Bonchev–Trinajstić information content (AvgIpc) is 3.74. The molecule has 0 aliphatic carbocycles. The first-order chi connectivity index (χ1) is 20.5. The highest BCUT2D eigenvalue weighted by molar-refractivity contribution is 5.77. The van der Waals surface area contributed by atoms with E-state index in [1.165, 1.54) is 40.5 Å². The fraction of sp³-hybridized carbons (Fsp3) is 0.483. The van der Waals surface area contributed by atoms with Gasteiger partial charge < -0.3 is 20.0 Å². The van der Waals surface area contributed by atoms with Crippen molar-refractivity contribution in [3.05, 3.63) is 65.6 Å². The van der Waals surface area contributed by atoms with Crippen molar-refractivity contribution in [1.82, 2.24) is 34.0 Å². The molecular formula is C29H34F2N8O4. The van der Waals surface area contributed by atoms with E-state index in [2.05, 4.69) is 20.1 Å². The number of β-amino-alcohol motifs (C(OH)–C–C–N with tert-alkyl or cyclic N) is 1. The predicted octanol–water partition coefficient (Wildman–Crippen LogP) is 1.99. The summed E-state index contributed by atoms with van der Waals surface area (Å²) in [4.78, 5) is 34.2. The fourth-order valence-electron chi connectivity index (χ4n) is 5.95. The van der Waals surface area contributed by atoms with Gasteiger partial charge in [0.05, 0.1) is 36.1 Å². The Morgan fingerprint density at radius 3 is 2.40 bits per heavy atom. The Labute approximate surface area is 245 Å². The van der Waals surface area contributed by atoms with Crippen molar-refractivity contribution in [3.8, 4) is 5.69 Å². The van der Waals surface area contributed by atoms with Crippen LogP contribution < -0.4 is 10.5 Å². The molecular weight excluding hydrogens is 562 g/mol. The molecule has 12 nitrogen and oxygen atoms in total. The molecule has 5 heterocycles. The number of benzene rings is 1. The van der Waals surface area contributed by atoms with Gasteiger partial charge in [0.25, 0.3) is 12.0 Å². The van der Waals surface area contributed by atoms with Crippen LogP contribution in [-0.2, 0) is 11.3 Å². The topological polar surface area (TPSA) is 135 Å². The first-order valence-corrected chi connectivity index (χ1v) is 14.3. The monoisotopic (exact) mass is 596 g/mol. The normalized spacial score (nSPS) is 21.2. The maximum absolute atomic E-state index is 13.6. The molecule has 1 aromatic carbocycles. The quantitative estimate of drug-likeness (QED) is 0.316. The van der Waals surface area contributed by atoms with Crippen molar-refractivity contribution in [3.63, 3.8) is 0 Å². The van der Waals surface area contributed by atoms with E-state index in [1.54, 1.807) is 4.68 Å². The summed E-state index contributed by atoms with van der Waals surface area (Å²) in [6.45, 7) is 3.49. The number of likely N-dealkylation sites (tertiary alicyclic amines) is 1. The highest BCUT2D eigenvalue weighted by atomic mass is 19.3. The van der Waals surface area contributed by atoms with Crippen LogP contribution in [0.15, 0.2) is 60.0 Å². The van der Waals surface area contributed by atoms with Crippen LogP contribution in [0, 0.1) is 0 Å². The summed E-state index contributed by atoms with van der Waals surface area (Å²) in [6, 6.07) is 7.84. The number of fused-ring (bicyclic) bond motifs is 1. The number of aromatic nitrogens is 6. The molecule has 1 amide bonds. The molecule has 0 bridgehead atoms. The summed E-state index contributed by atoms with van der Waals surface area (Å²) in [5.41, 5.74) is -0.225. The molecule has 2 atom stereocenters. The van der Waals surface area contributed by atoms with E-state index in [1.807, 2.05) is 31.2 Å². The van der Waals surface area contributed by atoms with Gasteiger partial charge in [-0.2, -0.15) is 10.2 Å². The number of aliphatic hydroxyl groups is 2. The number of carbonyl (C=O) groups excluding carboxylic acids is 1. The van der Waals surface area contributed by atoms with Gasteiger partial charge in [0.2, 0.25) is 5.91 Å². The second-order valence-electron chi connectivity index (χ2n) is 11.9. The molecule has 3 aromatic heterocycles. The Morgan fingerprint density at radius 2 is 1.77 bits per heavy atom. The van der Waals surface area contributed by atoms with Crippen LogP contribution >= 0.6 is 0 Å². The first kappa shape index (κ1) is 28.9. The molecule has 228 valence electrons. The molecule has 6 rings (SSSR count). The third kappa shape index (κ3) is 5.89. The number of nitrogens with zero attached hydrogens (tertiary/aromatic N) is 8. The zero-order chi connectivity index (χ0) is 30.4. The predicted molar refractivity (Wildman–Crippen MR) is 153 cm³/mol. The van der Waals surface area contributed by atoms with Gasteiger partial charge in [-0.25, -0.2) is 18.4 Å². The van der Waals surface area contributed by atoms with Crippen LogP contribution in [0.2, 0.25) is 0 Å². The van der Waals surface area contributed by atoms with Crippen molar-refractivity contribution < 1.29 is 23.8 Å². The van der Waals surface area contributed by atoms with Crippen LogP contribution in [-0.4, -0.2) is 93.9 Å². The van der Waals surface area contributed by atoms with Gasteiger partial charge in [-0.15, -0.1) is 0 Å². The van der Waals surface area contributed by atoms with Crippen LogP contribution in [0.1, 0.15) is 38.6 Å². The van der Waals surface area contributed by atoms with Gasteiger partial charge >= 0.3 is 0 Å². The number of halogens is 2. The highest BCUT2D eigenvalue weighted by Gasteiger charge is 2.36. The number of hydrogen-bond donors (Lipinski definition) is 2. The maximum Gasteiger partial charge on any atom is 0.264 e. The average molecular weight is 597 g/mol. The fourth-order valence-corrected chi connectivity index (χ4v) is 5.95. The lowest BCUT2D eigenvalue weighted by Gasteiger charge is -2.38. The lowest BCUT2D eigenvalue weighted by molar-refractivity contribution is -0.138. The molecule has 2 fully saturated rings. The Bertz CT molecular complexity index is 1640. The van der Waals surface area contributed by atoms with Crippen LogP contribution in [0.25, 0.3) is 16.7 Å². The maximum atomic E-state index is 13.6. The summed E-state index contributed by atoms with van der Waals surface area (Å²) < 4.78 is 31.2. The third-order valence-electron chi connectivity index (χ3n) is 8.52. The Morgan fingerprint density at radius 1 is 1.05 bits per heavy atom. The van der Waals surface area contributed by atoms with Crippen molar-refractivity contribution >= 4 is 22.6 Å². The molecule has 43 heavy (non-hydrogen) atoms. The molecule has 2 N–H and O–H groups in total. The zero-order valence-corrected chi connectivity index (χ0v) is 23.8. The Kier molecular flexibility index (Phi) is 7.50. The molecule has 0 unspecified atom stereocenters. The van der Waals surface area contributed by atoms with Crippen LogP contribution in [0.5, 0.6) is 0 Å². The van der Waals surface area contributed by atoms with Gasteiger partial charge in [0.15, 0.2) is 5.65 Å². The molecule has 0 spiro atoms. The molecule has 4 aromatic rings. The molecule has 2 aliphatic rings. The number of rotatable bonds is 8. The minimum Gasteiger partial charge on any atom is -0.388 e. The molecule has 2 aliphatic heterocycles. The van der Waals surface area contributed by atoms with Crippen molar-refractivity contribution in [2.45, 2.75) is 62.8 Å². The van der Waals surface area contributed by atoms with E-state index in [0.717, 1.165) is 22.6 Å². The standard InChI is InChI=1S/C29H34F2N8O4/c1-28(42)7-12-36(17-28)20-3-5-21(6-4-20)39-26-22(16-34-39)27(41)37(19-32-26)18-29(43)8-13-35(14-9-29)24(40)15-23(25(30)31)38-11-2-10-33-38/h2-6,10-11,16,19,23,25,42-43H,7-9,12-15,17-18H2,1H3/t23-,28-/m0/s1. The molecule has 0 radical (unpaired) electrons. The number of hydrogen-bond acceptors (Lipinski definition) is 8. The van der Waals surface area contributed by atoms with E-state index in [9.17, 15) is 28.6 Å². The summed E-state index contributed by atoms with van der Waals surface area (Å²) in [6.07, 6.45) is 3.55. The van der Waals surface area contributed by atoms with Crippen molar-refractivity contribution in [1.29, 1.82) is 0 Å². The van der Waals surface area contributed by atoms with E-state index in [4.69, 9.17) is 0 Å². The number of piperidine rings is 1. The summed E-state index contributed by atoms with van der Waals surface area (Å²) >= 11 is 0. The van der Waals surface area contributed by atoms with Gasteiger partial charge in [-0.1, -0.05) is 0 Å². The number of carbonyl (C=O) groups is 1. The third-order valence-corrected chi connectivity index (χ3v) is 8.52. The lowest BCUT2D eigenvalue weighted by Crippen LogP contribution is -2.50. The van der Waals surface area contributed by atoms with Crippen LogP contribution in [0.3, 0.4) is 0 Å². The second kappa shape index (κ2) is 11.2. The largest absolute Gasteiger partial charge is 0.388 e. The summed E-state index contributed by atoms with van der Waals surface area (Å²) in [5, 5.41) is 30.1. The SMILES string of the molecule is C[C@]1(O)CCN(c2ccc(-n3ncc4c(=O)n(CC5(O)CCN(C(=O)C[C@@H](C(F)F)n6cccn6)CC5)cnc43)cc2)C1. The van der Waals surface area contributed by atoms with E-state index >= 15 is 0 Å². The van der Waals surface area contributed by atoms with Gasteiger partial charge in [0.1, 0.15) is 17.8 Å². The summed E-state index contributed by atoms with van der Waals surface area (Å²) in [7, 11) is 0. The second-order valence-corrected chi connectivity index (χ2v) is 11.9. The van der Waals surface area contributed by atoms with E-state index in [-0.39, 0.29) is 38.0 Å². The molecule has 2 saturated heterocycles. The van der Waals surface area contributed by atoms with E-state index in [0.29, 0.717) is 24.0 Å². The minimum absolute atomic E-state index is 0.0246. The number of anilines is 1. The number of alkyl halides is 2. The molecule has 14 heteroatoms. The van der Waals surface area contributed by atoms with E-state index < -0.39 is 36.0 Å². The molecule has 0 saturated carbocycles.